The van der Waals surface area contributed by atoms with Crippen molar-refractivity contribution in [2.24, 2.45) is 5.92 Å². The van der Waals surface area contributed by atoms with Gasteiger partial charge in [-0.1, -0.05) is 22.9 Å². The van der Waals surface area contributed by atoms with Crippen LogP contribution in [0.5, 0.6) is 0 Å². The second kappa shape index (κ2) is 6.11. The van der Waals surface area contributed by atoms with Crippen LogP contribution in [-0.2, 0) is 11.3 Å². The smallest absolute Gasteiger partial charge is 0.256 e. The summed E-state index contributed by atoms with van der Waals surface area (Å²) >= 11 is 7.83. The van der Waals surface area contributed by atoms with Gasteiger partial charge in [-0.05, 0) is 48.9 Å². The van der Waals surface area contributed by atoms with Gasteiger partial charge >= 0.3 is 0 Å². The fraction of sp³-hybridized carbons (Fsp3) is 0.389. The number of fused-ring (bicyclic) bond motifs is 1. The average molecular weight is 376 g/mol. The van der Waals surface area contributed by atoms with E-state index in [9.17, 15) is 9.59 Å². The standard InChI is InChI=1S/C18H18ClN3O2S/c1-9(11-3-4-11)22-8-13-5-12(6-14(19)16(13)17(22)24)15-7-20-18(25-15)21-10(2)23/h5-7,9,11H,3-4,8H2,1-2H3,(H,20,21,23)/t9-/m0/s1. The zero-order chi connectivity index (χ0) is 17.7. The van der Waals surface area contributed by atoms with Crippen LogP contribution in [0.3, 0.4) is 0 Å². The van der Waals surface area contributed by atoms with Crippen molar-refractivity contribution in [1.29, 1.82) is 0 Å². The number of nitrogens with zero attached hydrogens (tertiary/aromatic N) is 2. The van der Waals surface area contributed by atoms with Gasteiger partial charge in [-0.2, -0.15) is 0 Å². The van der Waals surface area contributed by atoms with Crippen LogP contribution < -0.4 is 5.32 Å². The number of anilines is 1. The Morgan fingerprint density at radius 3 is 2.88 bits per heavy atom. The summed E-state index contributed by atoms with van der Waals surface area (Å²) in [7, 11) is 0. The van der Waals surface area contributed by atoms with Crippen molar-refractivity contribution in [3.8, 4) is 10.4 Å². The maximum absolute atomic E-state index is 12.7. The molecule has 4 rings (SSSR count). The number of benzene rings is 1. The van der Waals surface area contributed by atoms with Crippen molar-refractivity contribution < 1.29 is 9.59 Å². The molecule has 0 spiro atoms. The fourth-order valence-corrected chi connectivity index (χ4v) is 4.52. The normalized spacial score (nSPS) is 17.6. The molecule has 0 bridgehead atoms. The first kappa shape index (κ1) is 16.5. The fourth-order valence-electron chi connectivity index (χ4n) is 3.35. The van der Waals surface area contributed by atoms with Gasteiger partial charge in [-0.25, -0.2) is 4.98 Å². The molecule has 1 N–H and O–H groups in total. The number of amides is 2. The Morgan fingerprint density at radius 2 is 2.20 bits per heavy atom. The van der Waals surface area contributed by atoms with Gasteiger partial charge in [0.05, 0.1) is 15.5 Å². The first-order chi connectivity index (χ1) is 11.9. The van der Waals surface area contributed by atoms with E-state index < -0.39 is 0 Å². The Bertz CT molecular complexity index is 875. The van der Waals surface area contributed by atoms with Crippen molar-refractivity contribution in [3.05, 3.63) is 34.5 Å². The Balaban J connectivity index is 1.65. The number of nitrogens with one attached hydrogen (secondary N) is 1. The lowest BCUT2D eigenvalue weighted by molar-refractivity contribution is -0.114. The molecule has 1 aromatic heterocycles. The highest BCUT2D eigenvalue weighted by molar-refractivity contribution is 7.19. The molecule has 0 saturated heterocycles. The van der Waals surface area contributed by atoms with Crippen LogP contribution in [0.4, 0.5) is 5.13 Å². The summed E-state index contributed by atoms with van der Waals surface area (Å²) in [6.45, 7) is 4.18. The largest absolute Gasteiger partial charge is 0.331 e. The van der Waals surface area contributed by atoms with Gasteiger partial charge in [0.2, 0.25) is 5.91 Å². The van der Waals surface area contributed by atoms with Crippen LogP contribution in [0.1, 0.15) is 42.6 Å². The molecule has 1 aromatic carbocycles. The molecular formula is C18H18ClN3O2S. The third-order valence-electron chi connectivity index (χ3n) is 4.86. The third-order valence-corrected chi connectivity index (χ3v) is 6.12. The molecule has 2 aromatic rings. The highest BCUT2D eigenvalue weighted by Crippen LogP contribution is 2.41. The molecule has 1 fully saturated rings. The van der Waals surface area contributed by atoms with E-state index >= 15 is 0 Å². The van der Waals surface area contributed by atoms with Gasteiger partial charge in [0.15, 0.2) is 5.13 Å². The molecule has 25 heavy (non-hydrogen) atoms. The first-order valence-electron chi connectivity index (χ1n) is 8.31. The predicted molar refractivity (Wildman–Crippen MR) is 98.9 cm³/mol. The lowest BCUT2D eigenvalue weighted by Crippen LogP contribution is -2.34. The van der Waals surface area contributed by atoms with Crippen LogP contribution in [0.25, 0.3) is 10.4 Å². The number of thiazole rings is 1. The van der Waals surface area contributed by atoms with E-state index in [1.54, 1.807) is 6.20 Å². The quantitative estimate of drug-likeness (QED) is 0.872. The maximum Gasteiger partial charge on any atom is 0.256 e. The summed E-state index contributed by atoms with van der Waals surface area (Å²) in [5.74, 6) is 0.510. The molecule has 0 radical (unpaired) electrons. The minimum absolute atomic E-state index is 0.0363. The number of aromatic nitrogens is 1. The molecule has 1 atom stereocenters. The Morgan fingerprint density at radius 1 is 1.44 bits per heavy atom. The summed E-state index contributed by atoms with van der Waals surface area (Å²) < 4.78 is 0. The maximum atomic E-state index is 12.7. The summed E-state index contributed by atoms with van der Waals surface area (Å²) in [5.41, 5.74) is 2.52. The predicted octanol–water partition coefficient (Wildman–Crippen LogP) is 4.18. The minimum Gasteiger partial charge on any atom is -0.331 e. The van der Waals surface area contributed by atoms with Gasteiger partial charge in [0.25, 0.3) is 5.91 Å². The number of carbonyl (C=O) groups excluding carboxylic acids is 2. The zero-order valence-corrected chi connectivity index (χ0v) is 15.6. The van der Waals surface area contributed by atoms with Crippen molar-refractivity contribution in [2.75, 3.05) is 5.32 Å². The van der Waals surface area contributed by atoms with Crippen LogP contribution >= 0.6 is 22.9 Å². The Kier molecular flexibility index (Phi) is 4.04. The molecule has 0 unspecified atom stereocenters. The molecule has 1 aliphatic heterocycles. The Hall–Kier alpha value is -1.92. The lowest BCUT2D eigenvalue weighted by Gasteiger charge is -2.23. The van der Waals surface area contributed by atoms with E-state index in [0.717, 1.165) is 16.0 Å². The Labute approximate surface area is 155 Å². The highest BCUT2D eigenvalue weighted by Gasteiger charge is 2.39. The van der Waals surface area contributed by atoms with Gasteiger partial charge in [0.1, 0.15) is 0 Å². The molecule has 2 amide bonds. The van der Waals surface area contributed by atoms with E-state index in [-0.39, 0.29) is 17.9 Å². The molecule has 1 saturated carbocycles. The zero-order valence-electron chi connectivity index (χ0n) is 14.0. The topological polar surface area (TPSA) is 62.3 Å². The van der Waals surface area contributed by atoms with Gasteiger partial charge in [-0.15, -0.1) is 0 Å². The number of hydrogen-bond donors (Lipinski definition) is 1. The number of rotatable bonds is 4. The van der Waals surface area contributed by atoms with Crippen molar-refractivity contribution in [3.63, 3.8) is 0 Å². The molecule has 130 valence electrons. The summed E-state index contributed by atoms with van der Waals surface area (Å²) in [4.78, 5) is 31.0. The van der Waals surface area contributed by atoms with Gasteiger partial charge < -0.3 is 10.2 Å². The first-order valence-corrected chi connectivity index (χ1v) is 9.50. The molecule has 1 aliphatic carbocycles. The van der Waals surface area contributed by atoms with E-state index in [4.69, 9.17) is 11.6 Å². The second-order valence-electron chi connectivity index (χ2n) is 6.71. The SMILES string of the molecule is CC(=O)Nc1ncc(-c2cc(Cl)c3c(c2)CN([C@@H](C)C2CC2)C3=O)s1. The number of carbonyl (C=O) groups is 2. The summed E-state index contributed by atoms with van der Waals surface area (Å²) in [6.07, 6.45) is 4.12. The highest BCUT2D eigenvalue weighted by atomic mass is 35.5. The van der Waals surface area contributed by atoms with E-state index in [0.29, 0.717) is 28.2 Å². The van der Waals surface area contributed by atoms with Crippen molar-refractivity contribution in [2.45, 2.75) is 39.3 Å². The minimum atomic E-state index is -0.150. The van der Waals surface area contributed by atoms with E-state index in [2.05, 4.69) is 17.2 Å². The van der Waals surface area contributed by atoms with Crippen molar-refractivity contribution in [1.82, 2.24) is 9.88 Å². The molecule has 2 aliphatic rings. The molecular weight excluding hydrogens is 358 g/mol. The van der Waals surface area contributed by atoms with Crippen LogP contribution in [-0.4, -0.2) is 27.7 Å². The lowest BCUT2D eigenvalue weighted by atomic mass is 10.1. The molecule has 7 heteroatoms. The molecule has 2 heterocycles. The van der Waals surface area contributed by atoms with Crippen LogP contribution in [0.2, 0.25) is 5.02 Å². The van der Waals surface area contributed by atoms with E-state index in [1.165, 1.54) is 31.1 Å². The summed E-state index contributed by atoms with van der Waals surface area (Å²) in [6, 6.07) is 4.09. The van der Waals surface area contributed by atoms with E-state index in [1.807, 2.05) is 17.0 Å². The third kappa shape index (κ3) is 3.04. The van der Waals surface area contributed by atoms with Gasteiger partial charge in [0, 0.05) is 25.7 Å². The van der Waals surface area contributed by atoms with Crippen LogP contribution in [0.15, 0.2) is 18.3 Å². The number of halogens is 1. The van der Waals surface area contributed by atoms with Crippen LogP contribution in [0, 0.1) is 5.92 Å². The average Bonchev–Trinajstić information content (AvgIpc) is 3.21. The second-order valence-corrected chi connectivity index (χ2v) is 8.15. The number of hydrogen-bond acceptors (Lipinski definition) is 4. The monoisotopic (exact) mass is 375 g/mol. The van der Waals surface area contributed by atoms with Gasteiger partial charge in [-0.3, -0.25) is 9.59 Å². The summed E-state index contributed by atoms with van der Waals surface area (Å²) in [5, 5.41) is 3.72. The van der Waals surface area contributed by atoms with Crippen molar-refractivity contribution >= 4 is 39.9 Å². The molecule has 5 nitrogen and oxygen atoms in total.